The van der Waals surface area contributed by atoms with Crippen LogP contribution < -0.4 is 11.1 Å². The van der Waals surface area contributed by atoms with Crippen LogP contribution in [0.4, 0.5) is 0 Å². The van der Waals surface area contributed by atoms with E-state index in [1.54, 1.807) is 7.11 Å². The molecule has 1 fully saturated rings. The summed E-state index contributed by atoms with van der Waals surface area (Å²) in [6, 6.07) is 14.0. The third-order valence-electron chi connectivity index (χ3n) is 5.49. The molecule has 1 amide bonds. The van der Waals surface area contributed by atoms with Gasteiger partial charge < -0.3 is 15.8 Å². The molecule has 0 bridgehead atoms. The average molecular weight is 380 g/mol. The fourth-order valence-electron chi connectivity index (χ4n) is 3.89. The molecule has 5 heteroatoms. The molecule has 0 saturated heterocycles. The van der Waals surface area contributed by atoms with E-state index in [1.165, 1.54) is 0 Å². The molecule has 0 aliphatic heterocycles. The number of carbonyl (C=O) groups is 1. The Morgan fingerprint density at radius 2 is 1.89 bits per heavy atom. The minimum absolute atomic E-state index is 0.0604. The van der Waals surface area contributed by atoms with Crippen LogP contribution in [-0.2, 0) is 16.1 Å². The predicted molar refractivity (Wildman–Crippen MR) is 112 cm³/mol. The van der Waals surface area contributed by atoms with E-state index in [2.05, 4.69) is 30.4 Å². The monoisotopic (exact) mass is 379 g/mol. The zero-order chi connectivity index (χ0) is 20.1. The van der Waals surface area contributed by atoms with Crippen LogP contribution in [0, 0.1) is 18.3 Å². The maximum Gasteiger partial charge on any atom is 0.223 e. The highest BCUT2D eigenvalue weighted by atomic mass is 16.5. The van der Waals surface area contributed by atoms with E-state index >= 15 is 0 Å². The van der Waals surface area contributed by atoms with Crippen molar-refractivity contribution in [2.45, 2.75) is 45.3 Å². The maximum atomic E-state index is 12.5. The second-order valence-corrected chi connectivity index (χ2v) is 7.63. The number of ether oxygens (including phenoxy) is 1. The highest BCUT2D eigenvalue weighted by molar-refractivity contribution is 5.96. The Kier molecular flexibility index (Phi) is 6.47. The Bertz CT molecular complexity index is 855. The number of amides is 1. The maximum absolute atomic E-state index is 12.5. The van der Waals surface area contributed by atoms with Crippen molar-refractivity contribution in [3.63, 3.8) is 0 Å². The van der Waals surface area contributed by atoms with Crippen LogP contribution in [0.15, 0.2) is 42.5 Å². The Labute approximate surface area is 166 Å². The molecule has 0 heterocycles. The fourth-order valence-corrected chi connectivity index (χ4v) is 3.89. The van der Waals surface area contributed by atoms with Crippen LogP contribution in [0.3, 0.4) is 0 Å². The Hall–Kier alpha value is -2.66. The number of benzene rings is 2. The molecule has 28 heavy (non-hydrogen) atoms. The number of nitrogens with two attached hydrogens (primary N) is 1. The lowest BCUT2D eigenvalue weighted by Crippen LogP contribution is -2.34. The molecule has 0 unspecified atom stereocenters. The quantitative estimate of drug-likeness (QED) is 0.527. The van der Waals surface area contributed by atoms with Crippen LogP contribution in [0.1, 0.15) is 42.4 Å². The number of nitrogens with one attached hydrogen (secondary N) is 2. The van der Waals surface area contributed by atoms with Gasteiger partial charge in [-0.15, -0.1) is 0 Å². The van der Waals surface area contributed by atoms with Gasteiger partial charge in [-0.05, 0) is 61.4 Å². The molecular formula is C23H29N3O2. The van der Waals surface area contributed by atoms with Gasteiger partial charge in [0.2, 0.25) is 5.91 Å². The summed E-state index contributed by atoms with van der Waals surface area (Å²) in [5, 5.41) is 10.7. The molecule has 2 aromatic carbocycles. The molecule has 148 valence electrons. The molecule has 2 aromatic rings. The van der Waals surface area contributed by atoms with Gasteiger partial charge in [-0.25, -0.2) is 0 Å². The number of nitrogen functional groups attached to an aromatic ring is 1. The average Bonchev–Trinajstić information content (AvgIpc) is 2.71. The van der Waals surface area contributed by atoms with Gasteiger partial charge in [-0.1, -0.05) is 35.9 Å². The summed E-state index contributed by atoms with van der Waals surface area (Å²) < 4.78 is 5.39. The summed E-state index contributed by atoms with van der Waals surface area (Å²) in [7, 11) is 1.74. The molecular weight excluding hydrogens is 350 g/mol. The number of amidine groups is 1. The van der Waals surface area contributed by atoms with Crippen molar-refractivity contribution in [2.75, 3.05) is 7.11 Å². The van der Waals surface area contributed by atoms with E-state index in [0.717, 1.165) is 47.9 Å². The fraction of sp³-hybridized carbons (Fsp3) is 0.391. The first-order chi connectivity index (χ1) is 13.5. The normalized spacial score (nSPS) is 19.2. The van der Waals surface area contributed by atoms with Crippen molar-refractivity contribution >= 4 is 11.7 Å². The van der Waals surface area contributed by atoms with Crippen LogP contribution in [-0.4, -0.2) is 25.0 Å². The Morgan fingerprint density at radius 3 is 2.57 bits per heavy atom. The first-order valence-corrected chi connectivity index (χ1v) is 9.82. The predicted octanol–water partition coefficient (Wildman–Crippen LogP) is 3.77. The third kappa shape index (κ3) is 4.98. The van der Waals surface area contributed by atoms with Crippen LogP contribution in [0.25, 0.3) is 11.1 Å². The van der Waals surface area contributed by atoms with Gasteiger partial charge in [0.05, 0.1) is 6.10 Å². The molecule has 0 aromatic heterocycles. The van der Waals surface area contributed by atoms with E-state index < -0.39 is 0 Å². The number of aryl methyl sites for hydroxylation is 1. The van der Waals surface area contributed by atoms with Crippen LogP contribution >= 0.6 is 0 Å². The summed E-state index contributed by atoms with van der Waals surface area (Å²) in [6.45, 7) is 2.57. The highest BCUT2D eigenvalue weighted by Gasteiger charge is 2.25. The van der Waals surface area contributed by atoms with Crippen molar-refractivity contribution in [3.05, 3.63) is 59.2 Å². The summed E-state index contributed by atoms with van der Waals surface area (Å²) in [5.41, 5.74) is 10.6. The van der Waals surface area contributed by atoms with Crippen molar-refractivity contribution < 1.29 is 9.53 Å². The van der Waals surface area contributed by atoms with Gasteiger partial charge in [0.15, 0.2) is 0 Å². The van der Waals surface area contributed by atoms with Crippen LogP contribution in [0.5, 0.6) is 0 Å². The number of methoxy groups -OCH3 is 1. The first kappa shape index (κ1) is 20.1. The second kappa shape index (κ2) is 9.02. The van der Waals surface area contributed by atoms with E-state index in [-0.39, 0.29) is 17.7 Å². The number of carbonyl (C=O) groups excluding carboxylic acids is 1. The van der Waals surface area contributed by atoms with E-state index in [0.29, 0.717) is 18.2 Å². The number of rotatable bonds is 6. The third-order valence-corrected chi connectivity index (χ3v) is 5.49. The SMILES string of the molecule is COC1CCC(C(=O)NCc2cc(C)cc(-c3cccc(C(=N)N)c3)c2)CC1. The smallest absolute Gasteiger partial charge is 0.223 e. The molecule has 4 N–H and O–H groups in total. The van der Waals surface area contributed by atoms with Crippen molar-refractivity contribution in [2.24, 2.45) is 11.7 Å². The lowest BCUT2D eigenvalue weighted by atomic mass is 9.87. The topological polar surface area (TPSA) is 88.2 Å². The molecule has 1 aliphatic carbocycles. The van der Waals surface area contributed by atoms with Crippen LogP contribution in [0.2, 0.25) is 0 Å². The van der Waals surface area contributed by atoms with Gasteiger partial charge >= 0.3 is 0 Å². The minimum atomic E-state index is 0.0604. The molecule has 0 spiro atoms. The molecule has 1 saturated carbocycles. The largest absolute Gasteiger partial charge is 0.384 e. The van der Waals surface area contributed by atoms with E-state index in [4.69, 9.17) is 15.9 Å². The second-order valence-electron chi connectivity index (χ2n) is 7.63. The van der Waals surface area contributed by atoms with Gasteiger partial charge in [-0.2, -0.15) is 0 Å². The first-order valence-electron chi connectivity index (χ1n) is 9.82. The van der Waals surface area contributed by atoms with E-state index in [1.807, 2.05) is 24.3 Å². The Balaban J connectivity index is 1.68. The lowest BCUT2D eigenvalue weighted by molar-refractivity contribution is -0.126. The summed E-state index contributed by atoms with van der Waals surface area (Å²) in [4.78, 5) is 12.5. The number of hydrogen-bond acceptors (Lipinski definition) is 3. The molecule has 1 aliphatic rings. The summed E-state index contributed by atoms with van der Waals surface area (Å²) >= 11 is 0. The highest BCUT2D eigenvalue weighted by Crippen LogP contribution is 2.27. The van der Waals surface area contributed by atoms with Gasteiger partial charge in [0.25, 0.3) is 0 Å². The van der Waals surface area contributed by atoms with Gasteiger partial charge in [0.1, 0.15) is 5.84 Å². The lowest BCUT2D eigenvalue weighted by Gasteiger charge is -2.26. The van der Waals surface area contributed by atoms with Gasteiger partial charge in [-0.3, -0.25) is 10.2 Å². The zero-order valence-corrected chi connectivity index (χ0v) is 16.6. The number of hydrogen-bond donors (Lipinski definition) is 3. The molecule has 0 atom stereocenters. The molecule has 5 nitrogen and oxygen atoms in total. The summed E-state index contributed by atoms with van der Waals surface area (Å²) in [5.74, 6) is 0.282. The standard InChI is InChI=1S/C23H29N3O2/c1-15-10-16(14-26-23(27)17-6-8-21(28-2)9-7-17)12-20(11-15)18-4-3-5-19(13-18)22(24)25/h3-5,10-13,17,21H,6-9,14H2,1-2H3,(H3,24,25)(H,26,27). The molecule has 3 rings (SSSR count). The zero-order valence-electron chi connectivity index (χ0n) is 16.6. The minimum Gasteiger partial charge on any atom is -0.384 e. The van der Waals surface area contributed by atoms with Crippen molar-refractivity contribution in [1.29, 1.82) is 5.41 Å². The molecule has 0 radical (unpaired) electrons. The van der Waals surface area contributed by atoms with E-state index in [9.17, 15) is 4.79 Å². The summed E-state index contributed by atoms with van der Waals surface area (Å²) in [6.07, 6.45) is 3.99. The van der Waals surface area contributed by atoms with Crippen molar-refractivity contribution in [3.8, 4) is 11.1 Å². The van der Waals surface area contributed by atoms with Crippen molar-refractivity contribution in [1.82, 2.24) is 5.32 Å². The van der Waals surface area contributed by atoms with Gasteiger partial charge in [0, 0.05) is 25.1 Å². The Morgan fingerprint density at radius 1 is 1.14 bits per heavy atom.